The zero-order valence-electron chi connectivity index (χ0n) is 21.9. The molecule has 0 aliphatic rings. The molecule has 1 atom stereocenters. The Hall–Kier alpha value is -2.53. The van der Waals surface area contributed by atoms with E-state index in [4.69, 9.17) is 9.47 Å². The van der Waals surface area contributed by atoms with E-state index < -0.39 is 0 Å². The fourth-order valence-electron chi connectivity index (χ4n) is 4.45. The molecule has 188 valence electrons. The summed E-state index contributed by atoms with van der Waals surface area (Å²) in [6.45, 7) is 8.80. The maximum absolute atomic E-state index is 13.4. The number of nitrogens with one attached hydrogen (secondary N) is 1. The molecule has 0 aromatic heterocycles. The van der Waals surface area contributed by atoms with Crippen LogP contribution in [-0.2, 0) is 16.6 Å². The van der Waals surface area contributed by atoms with E-state index in [2.05, 4.69) is 51.2 Å². The number of unbranched alkanes of at least 4 members (excludes halogenated alkanes) is 2. The number of aliphatic hydroxyl groups excluding tert-OH is 1. The van der Waals surface area contributed by atoms with E-state index in [9.17, 15) is 9.90 Å². The first-order chi connectivity index (χ1) is 16.2. The largest absolute Gasteiger partial charge is 0.493 e. The summed E-state index contributed by atoms with van der Waals surface area (Å²) in [7, 11) is 3.29. The van der Waals surface area contributed by atoms with Crippen LogP contribution in [0.4, 0.5) is 5.69 Å². The van der Waals surface area contributed by atoms with Crippen molar-refractivity contribution in [1.82, 2.24) is 0 Å². The van der Waals surface area contributed by atoms with Gasteiger partial charge in [-0.2, -0.15) is 0 Å². The third-order valence-electron chi connectivity index (χ3n) is 6.25. The van der Waals surface area contributed by atoms with E-state index in [1.165, 1.54) is 0 Å². The van der Waals surface area contributed by atoms with E-state index in [1.54, 1.807) is 14.2 Å². The highest BCUT2D eigenvalue weighted by atomic mass is 16.5. The van der Waals surface area contributed by atoms with Crippen LogP contribution >= 0.6 is 0 Å². The summed E-state index contributed by atoms with van der Waals surface area (Å²) in [6.07, 6.45) is 6.08. The first-order valence-corrected chi connectivity index (χ1v) is 12.5. The van der Waals surface area contributed by atoms with Gasteiger partial charge in [-0.15, -0.1) is 0 Å². The van der Waals surface area contributed by atoms with Gasteiger partial charge >= 0.3 is 0 Å². The lowest BCUT2D eigenvalue weighted by Crippen LogP contribution is -2.21. The monoisotopic (exact) mass is 469 g/mol. The van der Waals surface area contributed by atoms with Crippen LogP contribution in [0.3, 0.4) is 0 Å². The van der Waals surface area contributed by atoms with Crippen molar-refractivity contribution in [3.63, 3.8) is 0 Å². The van der Waals surface area contributed by atoms with Crippen molar-refractivity contribution in [1.29, 1.82) is 0 Å². The van der Waals surface area contributed by atoms with Crippen LogP contribution in [0.25, 0.3) is 0 Å². The Bertz CT molecular complexity index is 917. The van der Waals surface area contributed by atoms with Crippen LogP contribution in [-0.4, -0.2) is 31.8 Å². The average Bonchev–Trinajstić information content (AvgIpc) is 2.80. The minimum atomic E-state index is -0.103. The molecule has 0 saturated carbocycles. The molecule has 1 unspecified atom stereocenters. The highest BCUT2D eigenvalue weighted by Crippen LogP contribution is 2.39. The van der Waals surface area contributed by atoms with Crippen LogP contribution < -0.4 is 14.8 Å². The topological polar surface area (TPSA) is 67.8 Å². The molecule has 0 fully saturated rings. The molecule has 5 heteroatoms. The molecule has 0 saturated heterocycles. The fraction of sp³-hybridized carbons (Fsp3) is 0.552. The molecular weight excluding hydrogens is 426 g/mol. The van der Waals surface area contributed by atoms with Crippen molar-refractivity contribution in [2.24, 2.45) is 0 Å². The summed E-state index contributed by atoms with van der Waals surface area (Å²) in [5.41, 5.74) is 3.99. The maximum Gasteiger partial charge on any atom is 0.224 e. The number of carbonyl (C=O) groups is 1. The van der Waals surface area contributed by atoms with Crippen molar-refractivity contribution < 1.29 is 19.4 Å². The van der Waals surface area contributed by atoms with Gasteiger partial charge in [0.25, 0.3) is 0 Å². The molecule has 2 aromatic rings. The number of para-hydroxylation sites is 1. The second kappa shape index (κ2) is 13.4. The second-order valence-corrected chi connectivity index (χ2v) is 9.98. The predicted molar refractivity (Wildman–Crippen MR) is 140 cm³/mol. The number of carbonyl (C=O) groups excluding carboxylic acids is 1. The molecule has 2 rings (SSSR count). The molecule has 2 aromatic carbocycles. The second-order valence-electron chi connectivity index (χ2n) is 9.98. The number of anilines is 1. The lowest BCUT2D eigenvalue weighted by atomic mass is 9.84. The average molecular weight is 470 g/mol. The first kappa shape index (κ1) is 27.7. The highest BCUT2D eigenvalue weighted by molar-refractivity contribution is 5.92. The van der Waals surface area contributed by atoms with Crippen LogP contribution in [0.1, 0.15) is 88.8 Å². The van der Waals surface area contributed by atoms with Crippen LogP contribution in [0, 0.1) is 0 Å². The van der Waals surface area contributed by atoms with Gasteiger partial charge in [0.1, 0.15) is 0 Å². The first-order valence-electron chi connectivity index (χ1n) is 12.5. The van der Waals surface area contributed by atoms with E-state index in [-0.39, 0.29) is 23.8 Å². The van der Waals surface area contributed by atoms with E-state index in [0.717, 1.165) is 54.5 Å². The van der Waals surface area contributed by atoms with Crippen LogP contribution in [0.5, 0.6) is 11.5 Å². The van der Waals surface area contributed by atoms with E-state index in [1.807, 2.05) is 18.2 Å². The van der Waals surface area contributed by atoms with Gasteiger partial charge in [-0.3, -0.25) is 4.79 Å². The number of methoxy groups -OCH3 is 2. The van der Waals surface area contributed by atoms with Crippen molar-refractivity contribution in [3.05, 3.63) is 53.1 Å². The van der Waals surface area contributed by atoms with Crippen molar-refractivity contribution in [2.75, 3.05) is 26.1 Å². The number of aliphatic hydroxyl groups is 1. The number of hydrogen-bond donors (Lipinski definition) is 2. The molecule has 0 radical (unpaired) electrons. The third kappa shape index (κ3) is 7.76. The SMILES string of the molecule is CCCCCC(CC(=O)Nc1cc(CCCO)ccc1C(C)(C)C)c1cccc(OC)c1OC. The van der Waals surface area contributed by atoms with Gasteiger partial charge in [-0.1, -0.05) is 71.2 Å². The Kier molecular flexibility index (Phi) is 10.9. The summed E-state index contributed by atoms with van der Waals surface area (Å²) < 4.78 is 11.2. The molecule has 5 nitrogen and oxygen atoms in total. The number of aryl methyl sites for hydroxylation is 1. The number of benzene rings is 2. The Labute approximate surface area is 205 Å². The molecule has 2 N–H and O–H groups in total. The van der Waals surface area contributed by atoms with Gasteiger partial charge in [0.2, 0.25) is 5.91 Å². The van der Waals surface area contributed by atoms with Crippen LogP contribution in [0.15, 0.2) is 36.4 Å². The summed E-state index contributed by atoms with van der Waals surface area (Å²) in [5.74, 6) is 1.43. The smallest absolute Gasteiger partial charge is 0.224 e. The van der Waals surface area contributed by atoms with Gasteiger partial charge in [0.15, 0.2) is 11.5 Å². The molecule has 1 amide bonds. The molecule has 34 heavy (non-hydrogen) atoms. The summed E-state index contributed by atoms with van der Waals surface area (Å²) in [5, 5.41) is 12.4. The van der Waals surface area contributed by atoms with Crippen molar-refractivity contribution in [2.45, 2.75) is 84.0 Å². The molecule has 0 bridgehead atoms. The predicted octanol–water partition coefficient (Wildman–Crippen LogP) is 6.62. The minimum Gasteiger partial charge on any atom is -0.493 e. The van der Waals surface area contributed by atoms with Crippen molar-refractivity contribution >= 4 is 11.6 Å². The normalized spacial score (nSPS) is 12.3. The molecular formula is C29H43NO4. The zero-order valence-corrected chi connectivity index (χ0v) is 21.9. The van der Waals surface area contributed by atoms with Gasteiger partial charge in [0, 0.05) is 24.3 Å². The number of rotatable bonds is 13. The Balaban J connectivity index is 2.32. The molecule has 0 heterocycles. The number of hydrogen-bond acceptors (Lipinski definition) is 4. The summed E-state index contributed by atoms with van der Waals surface area (Å²) >= 11 is 0. The molecule has 0 spiro atoms. The van der Waals surface area contributed by atoms with E-state index in [0.29, 0.717) is 24.3 Å². The quantitative estimate of drug-likeness (QED) is 0.324. The van der Waals surface area contributed by atoms with Crippen LogP contribution in [0.2, 0.25) is 0 Å². The van der Waals surface area contributed by atoms with Gasteiger partial charge in [-0.05, 0) is 53.9 Å². The molecule has 0 aliphatic heterocycles. The van der Waals surface area contributed by atoms with Crippen molar-refractivity contribution in [3.8, 4) is 11.5 Å². The Morgan fingerprint density at radius 1 is 1.06 bits per heavy atom. The van der Waals surface area contributed by atoms with Gasteiger partial charge in [0.05, 0.1) is 14.2 Å². The lowest BCUT2D eigenvalue weighted by Gasteiger charge is -2.25. The maximum atomic E-state index is 13.4. The fourth-order valence-corrected chi connectivity index (χ4v) is 4.45. The summed E-state index contributed by atoms with van der Waals surface area (Å²) in [6, 6.07) is 12.2. The standard InChI is InChI=1S/C29H43NO4/c1-7-8-9-13-22(23-14-10-15-26(33-5)28(23)34-6)20-27(32)30-25-19-21(12-11-18-31)16-17-24(25)29(2,3)4/h10,14-17,19,22,31H,7-9,11-13,18,20H2,1-6H3,(H,30,32). The number of amides is 1. The zero-order chi connectivity index (χ0) is 25.1. The third-order valence-corrected chi connectivity index (χ3v) is 6.25. The van der Waals surface area contributed by atoms with E-state index >= 15 is 0 Å². The highest BCUT2D eigenvalue weighted by Gasteiger charge is 2.24. The number of ether oxygens (including phenoxy) is 2. The Morgan fingerprint density at radius 2 is 1.82 bits per heavy atom. The Morgan fingerprint density at radius 3 is 2.44 bits per heavy atom. The van der Waals surface area contributed by atoms with Gasteiger partial charge < -0.3 is 19.9 Å². The molecule has 0 aliphatic carbocycles. The lowest BCUT2D eigenvalue weighted by molar-refractivity contribution is -0.116. The minimum absolute atomic E-state index is 0.00354. The summed E-state index contributed by atoms with van der Waals surface area (Å²) in [4.78, 5) is 13.4. The van der Waals surface area contributed by atoms with Gasteiger partial charge in [-0.25, -0.2) is 0 Å².